The summed E-state index contributed by atoms with van der Waals surface area (Å²) < 4.78 is 40.2. The first kappa shape index (κ1) is 14.5. The Morgan fingerprint density at radius 1 is 1.41 bits per heavy atom. The van der Waals surface area contributed by atoms with Crippen LogP contribution in [0.3, 0.4) is 0 Å². The second-order valence-electron chi connectivity index (χ2n) is 4.00. The standard InChI is InChI=1S/C12H14BrF3N/c1-2-3-6-12(17,11(15)16)9-7-8(13)4-5-10(9)14/h4-5,7,11,17H,2-3,6H2,1H3/q-1/t12-/m0/s1. The summed E-state index contributed by atoms with van der Waals surface area (Å²) in [7, 11) is 0. The van der Waals surface area contributed by atoms with Crippen molar-refractivity contribution in [2.45, 2.75) is 38.2 Å². The van der Waals surface area contributed by atoms with E-state index in [2.05, 4.69) is 15.9 Å². The van der Waals surface area contributed by atoms with Gasteiger partial charge in [-0.05, 0) is 29.3 Å². The average Bonchev–Trinajstić information content (AvgIpc) is 2.29. The highest BCUT2D eigenvalue weighted by molar-refractivity contribution is 9.10. The predicted molar refractivity (Wildman–Crippen MR) is 65.6 cm³/mol. The zero-order valence-corrected chi connectivity index (χ0v) is 11.0. The van der Waals surface area contributed by atoms with Crippen molar-refractivity contribution in [3.8, 4) is 0 Å². The summed E-state index contributed by atoms with van der Waals surface area (Å²) in [6, 6.07) is 3.81. The van der Waals surface area contributed by atoms with Gasteiger partial charge < -0.3 is 5.73 Å². The number of hydrogen-bond donors (Lipinski definition) is 0. The first-order chi connectivity index (χ1) is 7.91. The van der Waals surface area contributed by atoms with Gasteiger partial charge >= 0.3 is 0 Å². The lowest BCUT2D eigenvalue weighted by atomic mass is 9.86. The van der Waals surface area contributed by atoms with Gasteiger partial charge in [0.1, 0.15) is 5.82 Å². The van der Waals surface area contributed by atoms with Gasteiger partial charge in [0.15, 0.2) is 0 Å². The van der Waals surface area contributed by atoms with Crippen molar-refractivity contribution in [3.63, 3.8) is 0 Å². The van der Waals surface area contributed by atoms with Crippen LogP contribution in [0.1, 0.15) is 31.7 Å². The molecule has 0 aliphatic carbocycles. The number of rotatable bonds is 5. The van der Waals surface area contributed by atoms with Crippen LogP contribution in [0.5, 0.6) is 0 Å². The normalized spacial score (nSPS) is 15.0. The molecule has 0 aliphatic rings. The van der Waals surface area contributed by atoms with Crippen LogP contribution in [0.25, 0.3) is 5.73 Å². The van der Waals surface area contributed by atoms with Crippen molar-refractivity contribution < 1.29 is 13.2 Å². The Morgan fingerprint density at radius 2 is 2.06 bits per heavy atom. The Morgan fingerprint density at radius 3 is 2.59 bits per heavy atom. The van der Waals surface area contributed by atoms with E-state index in [1.54, 1.807) is 0 Å². The lowest BCUT2D eigenvalue weighted by molar-refractivity contribution is 0.0669. The summed E-state index contributed by atoms with van der Waals surface area (Å²) in [5, 5.41) is 0. The molecule has 0 radical (unpaired) electrons. The fourth-order valence-electron chi connectivity index (χ4n) is 1.66. The highest BCUT2D eigenvalue weighted by Crippen LogP contribution is 2.39. The minimum absolute atomic E-state index is 0.0471. The Bertz CT molecular complexity index is 384. The predicted octanol–water partition coefficient (Wildman–Crippen LogP) is 5.29. The summed E-state index contributed by atoms with van der Waals surface area (Å²) in [5.74, 6) is -0.750. The van der Waals surface area contributed by atoms with E-state index < -0.39 is 17.8 Å². The molecule has 0 saturated heterocycles. The summed E-state index contributed by atoms with van der Waals surface area (Å²) in [6.07, 6.45) is -1.78. The van der Waals surface area contributed by atoms with Gasteiger partial charge in [0.05, 0.1) is 0 Å². The first-order valence-corrected chi connectivity index (χ1v) is 6.19. The van der Waals surface area contributed by atoms with Gasteiger partial charge in [0, 0.05) is 4.47 Å². The number of alkyl halides is 2. The summed E-state index contributed by atoms with van der Waals surface area (Å²) in [5.41, 5.74) is 5.44. The van der Waals surface area contributed by atoms with Crippen LogP contribution >= 0.6 is 15.9 Å². The molecular weight excluding hydrogens is 295 g/mol. The zero-order chi connectivity index (χ0) is 13.1. The van der Waals surface area contributed by atoms with E-state index in [9.17, 15) is 13.2 Å². The number of hydrogen-bond acceptors (Lipinski definition) is 0. The van der Waals surface area contributed by atoms with Crippen molar-refractivity contribution in [2.24, 2.45) is 0 Å². The van der Waals surface area contributed by atoms with Crippen molar-refractivity contribution in [2.75, 3.05) is 0 Å². The van der Waals surface area contributed by atoms with E-state index in [4.69, 9.17) is 5.73 Å². The number of halogens is 4. The van der Waals surface area contributed by atoms with Gasteiger partial charge in [-0.15, -0.1) is 0 Å². The molecule has 1 N–H and O–H groups in total. The van der Waals surface area contributed by atoms with Crippen LogP contribution in [0.2, 0.25) is 0 Å². The molecule has 1 aromatic carbocycles. The molecule has 1 nitrogen and oxygen atoms in total. The fraction of sp³-hybridized carbons (Fsp3) is 0.500. The Kier molecular flexibility index (Phi) is 5.01. The Hall–Kier alpha value is -0.550. The first-order valence-electron chi connectivity index (χ1n) is 5.40. The SMILES string of the molecule is CCCC[C@]([NH-])(c1cc(Br)ccc1F)C(F)F. The maximum absolute atomic E-state index is 13.6. The molecule has 0 heterocycles. The molecule has 0 saturated carbocycles. The van der Waals surface area contributed by atoms with Crippen molar-refractivity contribution >= 4 is 15.9 Å². The van der Waals surface area contributed by atoms with E-state index >= 15 is 0 Å². The number of unbranched alkanes of at least 4 members (excludes halogenated alkanes) is 1. The van der Waals surface area contributed by atoms with E-state index in [1.165, 1.54) is 12.1 Å². The van der Waals surface area contributed by atoms with Crippen molar-refractivity contribution in [1.82, 2.24) is 0 Å². The van der Waals surface area contributed by atoms with Crippen molar-refractivity contribution in [1.29, 1.82) is 0 Å². The Balaban J connectivity index is 3.17. The minimum atomic E-state index is -2.90. The number of benzene rings is 1. The second kappa shape index (κ2) is 5.87. The van der Waals surface area contributed by atoms with Gasteiger partial charge in [-0.3, -0.25) is 0 Å². The van der Waals surface area contributed by atoms with Gasteiger partial charge in [0.25, 0.3) is 0 Å². The minimum Gasteiger partial charge on any atom is -0.663 e. The zero-order valence-electron chi connectivity index (χ0n) is 9.44. The molecule has 0 aliphatic heterocycles. The fourth-order valence-corrected chi connectivity index (χ4v) is 2.02. The molecule has 0 fully saturated rings. The summed E-state index contributed by atoms with van der Waals surface area (Å²) in [4.78, 5) is 0. The molecule has 1 atom stereocenters. The highest BCUT2D eigenvalue weighted by atomic mass is 79.9. The molecule has 0 unspecified atom stereocenters. The molecule has 1 aromatic rings. The van der Waals surface area contributed by atoms with E-state index in [0.717, 1.165) is 6.07 Å². The summed E-state index contributed by atoms with van der Waals surface area (Å²) in [6.45, 7) is 1.85. The lowest BCUT2D eigenvalue weighted by Crippen LogP contribution is -2.31. The topological polar surface area (TPSA) is 23.8 Å². The van der Waals surface area contributed by atoms with Crippen LogP contribution in [0.4, 0.5) is 13.2 Å². The molecule has 5 heteroatoms. The third kappa shape index (κ3) is 3.22. The van der Waals surface area contributed by atoms with E-state index in [-0.39, 0.29) is 12.0 Å². The second-order valence-corrected chi connectivity index (χ2v) is 4.92. The third-order valence-corrected chi connectivity index (χ3v) is 3.20. The number of nitrogens with one attached hydrogen (secondary N) is 1. The molecule has 0 amide bonds. The summed E-state index contributed by atoms with van der Waals surface area (Å²) >= 11 is 3.11. The maximum atomic E-state index is 13.6. The third-order valence-electron chi connectivity index (χ3n) is 2.71. The van der Waals surface area contributed by atoms with Crippen LogP contribution in [-0.4, -0.2) is 6.43 Å². The molecule has 0 bridgehead atoms. The average molecular weight is 309 g/mol. The van der Waals surface area contributed by atoms with Crippen LogP contribution in [-0.2, 0) is 5.54 Å². The highest BCUT2D eigenvalue weighted by Gasteiger charge is 2.31. The van der Waals surface area contributed by atoms with E-state index in [0.29, 0.717) is 17.3 Å². The van der Waals surface area contributed by atoms with E-state index in [1.807, 2.05) is 6.92 Å². The molecule has 1 rings (SSSR count). The molecule has 0 spiro atoms. The van der Waals surface area contributed by atoms with Crippen LogP contribution in [0.15, 0.2) is 22.7 Å². The monoisotopic (exact) mass is 308 g/mol. The van der Waals surface area contributed by atoms with Crippen LogP contribution < -0.4 is 0 Å². The Labute approximate surface area is 107 Å². The van der Waals surface area contributed by atoms with Gasteiger partial charge in [-0.25, -0.2) is 13.2 Å². The van der Waals surface area contributed by atoms with Gasteiger partial charge in [0.2, 0.25) is 6.43 Å². The smallest absolute Gasteiger partial charge is 0.229 e. The molecular formula is C12H14BrF3N-. The molecule has 0 aromatic heterocycles. The van der Waals surface area contributed by atoms with Gasteiger partial charge in [-0.1, -0.05) is 42.1 Å². The maximum Gasteiger partial charge on any atom is 0.229 e. The largest absolute Gasteiger partial charge is 0.663 e. The van der Waals surface area contributed by atoms with Crippen LogP contribution in [0, 0.1) is 5.82 Å². The molecule has 96 valence electrons. The molecule has 17 heavy (non-hydrogen) atoms. The quantitative estimate of drug-likeness (QED) is 0.705. The van der Waals surface area contributed by atoms with Gasteiger partial charge in [-0.2, -0.15) is 0 Å². The van der Waals surface area contributed by atoms with Crippen molar-refractivity contribution in [3.05, 3.63) is 39.8 Å². The lowest BCUT2D eigenvalue weighted by Gasteiger charge is -2.39.